The maximum Gasteiger partial charge on any atom is 0.263 e. The lowest BCUT2D eigenvalue weighted by atomic mass is 9.96. The normalized spacial score (nSPS) is 12.4. The average Bonchev–Trinajstić information content (AvgIpc) is 2.76. The highest BCUT2D eigenvalue weighted by Crippen LogP contribution is 2.28. The molecule has 0 saturated heterocycles. The Kier molecular flexibility index (Phi) is 7.82. The molecule has 1 amide bonds. The summed E-state index contributed by atoms with van der Waals surface area (Å²) in [5.74, 6) is 0.00258. The number of carbonyl (C=O) groups excluding carboxylic acids is 1. The molecule has 7 heteroatoms. The van der Waals surface area contributed by atoms with Crippen LogP contribution in [0.15, 0.2) is 71.6 Å². The van der Waals surface area contributed by atoms with Crippen LogP contribution in [-0.4, -0.2) is 14.3 Å². The van der Waals surface area contributed by atoms with Gasteiger partial charge in [-0.2, -0.15) is 0 Å². The molecule has 0 heterocycles. The summed E-state index contributed by atoms with van der Waals surface area (Å²) in [5.41, 5.74) is 3.41. The molecule has 5 nitrogen and oxygen atoms in total. The molecule has 0 aromatic heterocycles. The summed E-state index contributed by atoms with van der Waals surface area (Å²) in [6.45, 7) is 7.89. The number of anilines is 1. The third-order valence-electron chi connectivity index (χ3n) is 5.33. The molecule has 174 valence electrons. The Morgan fingerprint density at radius 2 is 1.67 bits per heavy atom. The molecule has 3 aromatic rings. The van der Waals surface area contributed by atoms with E-state index in [-0.39, 0.29) is 27.4 Å². The molecule has 0 fully saturated rings. The molecule has 1 atom stereocenters. The quantitative estimate of drug-likeness (QED) is 0.395. The lowest BCUT2D eigenvalue weighted by molar-refractivity contribution is 0.0931. The van der Waals surface area contributed by atoms with E-state index >= 15 is 0 Å². The second kappa shape index (κ2) is 10.4. The van der Waals surface area contributed by atoms with Crippen molar-refractivity contribution >= 4 is 33.2 Å². The molecule has 0 radical (unpaired) electrons. The van der Waals surface area contributed by atoms with Crippen LogP contribution >= 0.6 is 11.6 Å². The monoisotopic (exact) mass is 484 g/mol. The van der Waals surface area contributed by atoms with Crippen molar-refractivity contribution in [2.24, 2.45) is 5.92 Å². The predicted octanol–water partition coefficient (Wildman–Crippen LogP) is 6.27. The highest BCUT2D eigenvalue weighted by Gasteiger charge is 2.23. The molecule has 0 aliphatic heterocycles. The third kappa shape index (κ3) is 6.36. The van der Waals surface area contributed by atoms with Crippen molar-refractivity contribution in [2.45, 2.75) is 45.1 Å². The molecule has 0 aliphatic rings. The van der Waals surface area contributed by atoms with Crippen LogP contribution in [0.1, 0.15) is 53.4 Å². The van der Waals surface area contributed by atoms with Crippen LogP contribution in [0.4, 0.5) is 5.69 Å². The highest BCUT2D eigenvalue weighted by molar-refractivity contribution is 7.92. The van der Waals surface area contributed by atoms with Gasteiger partial charge in [0.15, 0.2) is 0 Å². The highest BCUT2D eigenvalue weighted by atomic mass is 35.5. The minimum atomic E-state index is -4.00. The van der Waals surface area contributed by atoms with E-state index < -0.39 is 10.0 Å². The van der Waals surface area contributed by atoms with Gasteiger partial charge in [-0.05, 0) is 67.1 Å². The van der Waals surface area contributed by atoms with Crippen LogP contribution in [0.25, 0.3) is 0 Å². The minimum Gasteiger partial charge on any atom is -0.345 e. The molecule has 33 heavy (non-hydrogen) atoms. The van der Waals surface area contributed by atoms with Crippen LogP contribution in [0, 0.1) is 19.8 Å². The molecule has 0 saturated carbocycles. The van der Waals surface area contributed by atoms with E-state index in [0.717, 1.165) is 23.1 Å². The third-order valence-corrected chi connectivity index (χ3v) is 7.18. The van der Waals surface area contributed by atoms with Crippen LogP contribution in [0.5, 0.6) is 0 Å². The molecule has 0 aliphatic carbocycles. The molecule has 0 bridgehead atoms. The number of rotatable bonds is 8. The van der Waals surface area contributed by atoms with Gasteiger partial charge in [0.25, 0.3) is 15.9 Å². The van der Waals surface area contributed by atoms with Crippen molar-refractivity contribution in [2.75, 3.05) is 4.72 Å². The number of hydrogen-bond donors (Lipinski definition) is 2. The van der Waals surface area contributed by atoms with Crippen molar-refractivity contribution in [3.63, 3.8) is 0 Å². The second-order valence-corrected chi connectivity index (χ2v) is 10.7. The molecule has 2 N–H and O–H groups in total. The first kappa shape index (κ1) is 24.8. The first-order chi connectivity index (χ1) is 15.6. The number of amides is 1. The molecule has 3 aromatic carbocycles. The van der Waals surface area contributed by atoms with Gasteiger partial charge in [0, 0.05) is 5.56 Å². The minimum absolute atomic E-state index is 0.0474. The van der Waals surface area contributed by atoms with Gasteiger partial charge in [-0.3, -0.25) is 9.52 Å². The summed E-state index contributed by atoms with van der Waals surface area (Å²) in [4.78, 5) is 12.9. The number of nitrogens with one attached hydrogen (secondary N) is 2. The zero-order valence-electron chi connectivity index (χ0n) is 19.2. The van der Waals surface area contributed by atoms with E-state index in [1.807, 2.05) is 56.3 Å². The predicted molar refractivity (Wildman–Crippen MR) is 134 cm³/mol. The number of aryl methyl sites for hydroxylation is 2. The summed E-state index contributed by atoms with van der Waals surface area (Å²) in [7, 11) is -4.00. The Labute approximate surface area is 201 Å². The Balaban J connectivity index is 1.89. The Morgan fingerprint density at radius 1 is 0.970 bits per heavy atom. The number of sulfonamides is 1. The summed E-state index contributed by atoms with van der Waals surface area (Å²) >= 11 is 6.24. The first-order valence-corrected chi connectivity index (χ1v) is 12.7. The van der Waals surface area contributed by atoms with Gasteiger partial charge in [-0.1, -0.05) is 67.9 Å². The largest absolute Gasteiger partial charge is 0.345 e. The summed E-state index contributed by atoms with van der Waals surface area (Å²) in [5, 5.41) is 3.10. The van der Waals surface area contributed by atoms with Crippen molar-refractivity contribution in [3.8, 4) is 0 Å². The fourth-order valence-electron chi connectivity index (χ4n) is 3.57. The van der Waals surface area contributed by atoms with Gasteiger partial charge in [-0.25, -0.2) is 8.42 Å². The van der Waals surface area contributed by atoms with Crippen LogP contribution in [0.2, 0.25) is 5.02 Å². The molecule has 0 spiro atoms. The van der Waals surface area contributed by atoms with Crippen LogP contribution in [-0.2, 0) is 10.0 Å². The van der Waals surface area contributed by atoms with Gasteiger partial charge in [0.1, 0.15) is 4.90 Å². The second-order valence-electron chi connectivity index (χ2n) is 8.64. The van der Waals surface area contributed by atoms with E-state index in [0.29, 0.717) is 11.6 Å². The lowest BCUT2D eigenvalue weighted by Crippen LogP contribution is -2.29. The zero-order chi connectivity index (χ0) is 24.2. The van der Waals surface area contributed by atoms with E-state index in [1.165, 1.54) is 18.2 Å². The van der Waals surface area contributed by atoms with Crippen molar-refractivity contribution in [3.05, 3.63) is 94.0 Å². The molecular weight excluding hydrogens is 456 g/mol. The van der Waals surface area contributed by atoms with Crippen molar-refractivity contribution < 1.29 is 13.2 Å². The smallest absolute Gasteiger partial charge is 0.263 e. The lowest BCUT2D eigenvalue weighted by Gasteiger charge is -2.21. The Hall–Kier alpha value is -2.83. The Morgan fingerprint density at radius 3 is 2.33 bits per heavy atom. The van der Waals surface area contributed by atoms with Gasteiger partial charge in [-0.15, -0.1) is 0 Å². The summed E-state index contributed by atoms with van der Waals surface area (Å²) in [6.07, 6.45) is 0.753. The number of hydrogen-bond acceptors (Lipinski definition) is 3. The van der Waals surface area contributed by atoms with Gasteiger partial charge < -0.3 is 5.32 Å². The Bertz CT molecular complexity index is 1240. The molecule has 0 unspecified atom stereocenters. The van der Waals surface area contributed by atoms with Crippen LogP contribution < -0.4 is 10.0 Å². The first-order valence-electron chi connectivity index (χ1n) is 10.8. The summed E-state index contributed by atoms with van der Waals surface area (Å²) in [6, 6.07) is 19.3. The van der Waals surface area contributed by atoms with Crippen LogP contribution in [0.3, 0.4) is 0 Å². The molecule has 3 rings (SSSR count). The maximum atomic E-state index is 13.1. The van der Waals surface area contributed by atoms with Gasteiger partial charge >= 0.3 is 0 Å². The standard InChI is InChI=1S/C26H29ClN2O3S/c1-17(2)14-24(20-8-6-5-7-9-20)28-26(30)21-12-13-22(27)25(16-21)33(31,32)29-23-15-18(3)10-11-19(23)4/h5-13,15-17,24,29H,14H2,1-4H3,(H,28,30)/t24-/m1/s1. The van der Waals surface area contributed by atoms with E-state index in [2.05, 4.69) is 23.9 Å². The number of benzene rings is 3. The van der Waals surface area contributed by atoms with E-state index in [4.69, 9.17) is 11.6 Å². The number of halogens is 1. The van der Waals surface area contributed by atoms with E-state index in [9.17, 15) is 13.2 Å². The van der Waals surface area contributed by atoms with E-state index in [1.54, 1.807) is 6.07 Å². The topological polar surface area (TPSA) is 75.3 Å². The van der Waals surface area contributed by atoms with Crippen molar-refractivity contribution in [1.82, 2.24) is 5.32 Å². The maximum absolute atomic E-state index is 13.1. The zero-order valence-corrected chi connectivity index (χ0v) is 20.8. The molecular formula is C26H29ClN2O3S. The van der Waals surface area contributed by atoms with Crippen molar-refractivity contribution in [1.29, 1.82) is 0 Å². The average molecular weight is 485 g/mol. The SMILES string of the molecule is Cc1ccc(C)c(NS(=O)(=O)c2cc(C(=O)N[C@H](CC(C)C)c3ccccc3)ccc2Cl)c1. The van der Waals surface area contributed by atoms with Gasteiger partial charge in [0.2, 0.25) is 0 Å². The summed E-state index contributed by atoms with van der Waals surface area (Å²) < 4.78 is 28.8. The fraction of sp³-hybridized carbons (Fsp3) is 0.269. The van der Waals surface area contributed by atoms with Gasteiger partial charge in [0.05, 0.1) is 16.8 Å². The number of carbonyl (C=O) groups is 1. The fourth-order valence-corrected chi connectivity index (χ4v) is 5.22.